The molecule has 2 aromatic heterocycles. The van der Waals surface area contributed by atoms with E-state index < -0.39 is 0 Å². The molecule has 16 heavy (non-hydrogen) atoms. The number of halogens is 1. The minimum Gasteiger partial charge on any atom is -0.351 e. The summed E-state index contributed by atoms with van der Waals surface area (Å²) in [7, 11) is 0. The monoisotopic (exact) mass is 237 g/mol. The van der Waals surface area contributed by atoms with Gasteiger partial charge in [-0.25, -0.2) is 4.98 Å². The van der Waals surface area contributed by atoms with Gasteiger partial charge in [0, 0.05) is 5.39 Å². The van der Waals surface area contributed by atoms with E-state index in [-0.39, 0.29) is 5.78 Å². The fourth-order valence-electron chi connectivity index (χ4n) is 1.49. The number of hydrogen-bond acceptors (Lipinski definition) is 3. The van der Waals surface area contributed by atoms with E-state index in [4.69, 9.17) is 11.6 Å². The number of carbonyl (C=O) groups excluding carboxylic acids is 1. The van der Waals surface area contributed by atoms with E-state index in [0.29, 0.717) is 17.4 Å². The highest BCUT2D eigenvalue weighted by Crippen LogP contribution is 2.17. The van der Waals surface area contributed by atoms with Crippen LogP contribution in [-0.2, 0) is 0 Å². The van der Waals surface area contributed by atoms with Crippen LogP contribution in [-0.4, -0.2) is 28.8 Å². The van der Waals surface area contributed by atoms with Crippen molar-refractivity contribution in [2.45, 2.75) is 6.92 Å². The molecule has 0 aromatic carbocycles. The quantitative estimate of drug-likeness (QED) is 0.632. The molecule has 0 atom stereocenters. The molecule has 0 spiro atoms. The molecule has 0 aliphatic rings. The summed E-state index contributed by atoms with van der Waals surface area (Å²) in [6, 6.07) is 3.53. The van der Waals surface area contributed by atoms with E-state index >= 15 is 0 Å². The lowest BCUT2D eigenvalue weighted by Crippen LogP contribution is -2.22. The number of carbonyl (C=O) groups is 1. The van der Waals surface area contributed by atoms with Crippen LogP contribution in [0.5, 0.6) is 0 Å². The highest BCUT2D eigenvalue weighted by Gasteiger charge is 2.09. The average Bonchev–Trinajstić information content (AvgIpc) is 2.68. The number of aromatic amines is 1. The zero-order valence-corrected chi connectivity index (χ0v) is 9.64. The first kappa shape index (κ1) is 11.1. The Hall–Kier alpha value is -1.39. The van der Waals surface area contributed by atoms with Crippen LogP contribution in [0, 0.1) is 0 Å². The van der Waals surface area contributed by atoms with Gasteiger partial charge in [-0.15, -0.1) is 0 Å². The molecule has 0 radical (unpaired) electrons. The van der Waals surface area contributed by atoms with Gasteiger partial charge in [0.05, 0.1) is 24.0 Å². The molecule has 0 unspecified atom stereocenters. The molecule has 0 saturated carbocycles. The Labute approximate surface area is 98.0 Å². The summed E-state index contributed by atoms with van der Waals surface area (Å²) in [5.41, 5.74) is 1.41. The van der Waals surface area contributed by atoms with E-state index in [2.05, 4.69) is 15.3 Å². The molecule has 0 amide bonds. The average molecular weight is 238 g/mol. The van der Waals surface area contributed by atoms with Crippen LogP contribution < -0.4 is 5.32 Å². The third-order valence-corrected chi connectivity index (χ3v) is 2.51. The topological polar surface area (TPSA) is 57.8 Å². The lowest BCUT2D eigenvalue weighted by atomic mass is 10.2. The van der Waals surface area contributed by atoms with Crippen molar-refractivity contribution in [2.75, 3.05) is 13.1 Å². The van der Waals surface area contributed by atoms with Crippen molar-refractivity contribution in [3.63, 3.8) is 0 Å². The number of fused-ring (bicyclic) bond motifs is 1. The first-order valence-corrected chi connectivity index (χ1v) is 5.46. The van der Waals surface area contributed by atoms with Crippen LogP contribution in [0.1, 0.15) is 17.4 Å². The van der Waals surface area contributed by atoms with Crippen LogP contribution in [0.4, 0.5) is 0 Å². The number of nitrogens with zero attached hydrogens (tertiary/aromatic N) is 1. The van der Waals surface area contributed by atoms with Crippen molar-refractivity contribution < 1.29 is 4.79 Å². The van der Waals surface area contributed by atoms with Gasteiger partial charge in [-0.3, -0.25) is 4.79 Å². The van der Waals surface area contributed by atoms with Gasteiger partial charge in [0.25, 0.3) is 0 Å². The van der Waals surface area contributed by atoms with E-state index in [9.17, 15) is 4.79 Å². The number of likely N-dealkylation sites (N-methyl/N-ethyl adjacent to an activating group) is 1. The number of aromatic nitrogens is 2. The Morgan fingerprint density at radius 3 is 3.12 bits per heavy atom. The second-order valence-corrected chi connectivity index (χ2v) is 3.87. The Morgan fingerprint density at radius 2 is 2.38 bits per heavy atom. The second kappa shape index (κ2) is 4.63. The zero-order valence-electron chi connectivity index (χ0n) is 8.88. The van der Waals surface area contributed by atoms with E-state index in [1.807, 2.05) is 6.92 Å². The largest absolute Gasteiger partial charge is 0.351 e. The molecule has 2 aromatic rings. The summed E-state index contributed by atoms with van der Waals surface area (Å²) in [5, 5.41) is 4.32. The lowest BCUT2D eigenvalue weighted by Gasteiger charge is -1.97. The fraction of sp³-hybridized carbons (Fsp3) is 0.273. The number of Topliss-reactive ketones (excluding diaryl/α,β-unsaturated/α-hetero) is 1. The molecule has 0 aliphatic heterocycles. The summed E-state index contributed by atoms with van der Waals surface area (Å²) >= 11 is 5.77. The fourth-order valence-corrected chi connectivity index (χ4v) is 1.65. The van der Waals surface area contributed by atoms with Crippen molar-refractivity contribution >= 4 is 28.3 Å². The third-order valence-electron chi connectivity index (χ3n) is 2.31. The highest BCUT2D eigenvalue weighted by molar-refractivity contribution is 6.30. The number of pyridine rings is 1. The predicted octanol–water partition coefficient (Wildman–Crippen LogP) is 2.01. The highest BCUT2D eigenvalue weighted by atomic mass is 35.5. The second-order valence-electron chi connectivity index (χ2n) is 3.48. The van der Waals surface area contributed by atoms with Crippen LogP contribution in [0.2, 0.25) is 5.15 Å². The van der Waals surface area contributed by atoms with Crippen LogP contribution in [0.25, 0.3) is 10.9 Å². The van der Waals surface area contributed by atoms with Crippen molar-refractivity contribution in [3.05, 3.63) is 29.2 Å². The van der Waals surface area contributed by atoms with Gasteiger partial charge in [0.1, 0.15) is 5.15 Å². The zero-order chi connectivity index (χ0) is 11.5. The van der Waals surface area contributed by atoms with E-state index in [1.54, 1.807) is 18.3 Å². The van der Waals surface area contributed by atoms with Gasteiger partial charge in [-0.05, 0) is 18.7 Å². The smallest absolute Gasteiger partial charge is 0.192 e. The molecule has 2 heterocycles. The van der Waals surface area contributed by atoms with Crippen molar-refractivity contribution in [2.24, 2.45) is 0 Å². The molecule has 5 heteroatoms. The van der Waals surface area contributed by atoms with Crippen LogP contribution in [0.15, 0.2) is 18.3 Å². The minimum atomic E-state index is 0.0363. The van der Waals surface area contributed by atoms with Crippen LogP contribution >= 0.6 is 11.6 Å². The molecular weight excluding hydrogens is 226 g/mol. The molecule has 2 rings (SSSR count). The summed E-state index contributed by atoms with van der Waals surface area (Å²) < 4.78 is 0. The summed E-state index contributed by atoms with van der Waals surface area (Å²) in [6.07, 6.45) is 1.63. The molecule has 84 valence electrons. The Morgan fingerprint density at radius 1 is 1.56 bits per heavy atom. The maximum Gasteiger partial charge on any atom is 0.192 e. The molecule has 4 nitrogen and oxygen atoms in total. The number of ketones is 1. The molecular formula is C11H12ClN3O. The first-order chi connectivity index (χ1) is 7.70. The molecule has 0 bridgehead atoms. The maximum atomic E-state index is 11.7. The van der Waals surface area contributed by atoms with Gasteiger partial charge < -0.3 is 10.3 Å². The van der Waals surface area contributed by atoms with Crippen molar-refractivity contribution in [1.29, 1.82) is 0 Å². The maximum absolute atomic E-state index is 11.7. The van der Waals surface area contributed by atoms with Crippen LogP contribution in [0.3, 0.4) is 0 Å². The summed E-state index contributed by atoms with van der Waals surface area (Å²) in [6.45, 7) is 3.08. The lowest BCUT2D eigenvalue weighted by molar-refractivity contribution is 0.0988. The van der Waals surface area contributed by atoms with Gasteiger partial charge in [-0.1, -0.05) is 18.5 Å². The number of hydrogen-bond donors (Lipinski definition) is 2. The van der Waals surface area contributed by atoms with Gasteiger partial charge in [-0.2, -0.15) is 0 Å². The minimum absolute atomic E-state index is 0.0363. The van der Waals surface area contributed by atoms with Gasteiger partial charge in [0.15, 0.2) is 5.78 Å². The first-order valence-electron chi connectivity index (χ1n) is 5.09. The van der Waals surface area contributed by atoms with E-state index in [1.165, 1.54) is 0 Å². The summed E-state index contributed by atoms with van der Waals surface area (Å²) in [4.78, 5) is 18.7. The van der Waals surface area contributed by atoms with E-state index in [0.717, 1.165) is 17.4 Å². The number of nitrogens with one attached hydrogen (secondary N) is 2. The third kappa shape index (κ3) is 2.23. The number of rotatable bonds is 4. The predicted molar refractivity (Wildman–Crippen MR) is 64.0 cm³/mol. The van der Waals surface area contributed by atoms with Gasteiger partial charge >= 0.3 is 0 Å². The van der Waals surface area contributed by atoms with Crippen molar-refractivity contribution in [3.8, 4) is 0 Å². The number of H-pyrrole nitrogens is 1. The Kier molecular flexibility index (Phi) is 3.22. The molecule has 2 N–H and O–H groups in total. The standard InChI is InChI=1S/C11H12ClN3O/c1-2-13-6-10(16)8-3-7-4-11(12)14-5-9(7)15-8/h3-5,13,15H,2,6H2,1H3. The normalized spacial score (nSPS) is 10.9. The molecule has 0 saturated heterocycles. The Balaban J connectivity index is 2.28. The summed E-state index contributed by atoms with van der Waals surface area (Å²) in [5.74, 6) is 0.0363. The van der Waals surface area contributed by atoms with Crippen molar-refractivity contribution in [1.82, 2.24) is 15.3 Å². The SMILES string of the molecule is CCNCC(=O)c1cc2cc(Cl)ncc2[nH]1. The van der Waals surface area contributed by atoms with Gasteiger partial charge in [0.2, 0.25) is 0 Å². The molecule has 0 fully saturated rings. The Bertz CT molecular complexity index is 521. The molecule has 0 aliphatic carbocycles.